The number of aromatic nitrogens is 1. The van der Waals surface area contributed by atoms with Gasteiger partial charge in [-0.1, -0.05) is 0 Å². The molecule has 0 unspecified atom stereocenters. The van der Waals surface area contributed by atoms with Crippen molar-refractivity contribution in [2.45, 2.75) is 12.1 Å². The summed E-state index contributed by atoms with van der Waals surface area (Å²) in [5, 5.41) is 2.88. The van der Waals surface area contributed by atoms with E-state index in [2.05, 4.69) is 10.3 Å². The van der Waals surface area contributed by atoms with Gasteiger partial charge in [-0.05, 0) is 12.1 Å². The second-order valence-electron chi connectivity index (χ2n) is 6.76. The molecule has 2 aliphatic rings. The van der Waals surface area contributed by atoms with Crippen molar-refractivity contribution < 1.29 is 18.0 Å². The van der Waals surface area contributed by atoms with Gasteiger partial charge in [-0.15, -0.1) is 0 Å². The topological polar surface area (TPSA) is 103 Å². The van der Waals surface area contributed by atoms with Crippen LogP contribution in [0, 0.1) is 0 Å². The lowest BCUT2D eigenvalue weighted by Gasteiger charge is -2.44. The molecule has 0 radical (unpaired) electrons. The smallest absolute Gasteiger partial charge is 0.319 e. The fourth-order valence-corrected chi connectivity index (χ4v) is 5.55. The molecule has 1 N–H and O–H groups in total. The van der Waals surface area contributed by atoms with Gasteiger partial charge >= 0.3 is 6.03 Å². The number of hydrogen-bond donors (Lipinski definition) is 1. The number of pyridine rings is 1. The molecule has 0 aromatic carbocycles. The molecule has 3 amide bonds. The predicted molar refractivity (Wildman–Crippen MR) is 96.8 cm³/mol. The zero-order valence-electron chi connectivity index (χ0n) is 15.0. The third kappa shape index (κ3) is 3.33. The van der Waals surface area contributed by atoms with E-state index in [0.29, 0.717) is 24.5 Å². The highest BCUT2D eigenvalue weighted by Crippen LogP contribution is 2.29. The third-order valence-electron chi connectivity index (χ3n) is 4.83. The van der Waals surface area contributed by atoms with Crippen molar-refractivity contribution in [3.05, 3.63) is 23.9 Å². The Balaban J connectivity index is 1.90. The van der Waals surface area contributed by atoms with Crippen molar-refractivity contribution >= 4 is 27.6 Å². The molecule has 142 valence electrons. The van der Waals surface area contributed by atoms with Gasteiger partial charge in [0.25, 0.3) is 5.91 Å². The molecule has 3 heterocycles. The van der Waals surface area contributed by atoms with Crippen LogP contribution in [0.2, 0.25) is 0 Å². The highest BCUT2D eigenvalue weighted by Gasteiger charge is 2.49. The second-order valence-corrected chi connectivity index (χ2v) is 8.91. The lowest BCUT2D eigenvalue weighted by atomic mass is 10.0. The normalized spacial score (nSPS) is 24.1. The fourth-order valence-electron chi connectivity index (χ4n) is 3.57. The molecule has 0 aliphatic carbocycles. The first-order valence-electron chi connectivity index (χ1n) is 8.36. The number of sulfone groups is 1. The van der Waals surface area contributed by atoms with E-state index in [0.717, 1.165) is 0 Å². The Hall–Kier alpha value is -2.36. The molecule has 1 aromatic rings. The molecule has 10 heteroatoms. The van der Waals surface area contributed by atoms with Gasteiger partial charge in [-0.3, -0.25) is 4.79 Å². The van der Waals surface area contributed by atoms with Gasteiger partial charge in [0.15, 0.2) is 9.84 Å². The zero-order chi connectivity index (χ0) is 19.1. The van der Waals surface area contributed by atoms with E-state index in [4.69, 9.17) is 0 Å². The van der Waals surface area contributed by atoms with Crippen LogP contribution >= 0.6 is 0 Å². The van der Waals surface area contributed by atoms with Crippen LogP contribution in [0.25, 0.3) is 0 Å². The summed E-state index contributed by atoms with van der Waals surface area (Å²) >= 11 is 0. The van der Waals surface area contributed by atoms with E-state index in [1.54, 1.807) is 43.1 Å². The maximum atomic E-state index is 13.0. The molecular weight excluding hydrogens is 358 g/mol. The summed E-state index contributed by atoms with van der Waals surface area (Å²) in [5.41, 5.74) is 0.444. The molecule has 2 aliphatic heterocycles. The quantitative estimate of drug-likeness (QED) is 0.756. The van der Waals surface area contributed by atoms with Crippen LogP contribution in [0.5, 0.6) is 0 Å². The van der Waals surface area contributed by atoms with Gasteiger partial charge in [0.05, 0.1) is 23.6 Å². The highest BCUT2D eigenvalue weighted by molar-refractivity contribution is 7.91. The molecule has 26 heavy (non-hydrogen) atoms. The average molecular weight is 381 g/mol. The number of urea groups is 1. The van der Waals surface area contributed by atoms with Crippen molar-refractivity contribution in [3.8, 4) is 0 Å². The number of carbonyl (C=O) groups excluding carboxylic acids is 2. The van der Waals surface area contributed by atoms with E-state index < -0.39 is 21.9 Å². The summed E-state index contributed by atoms with van der Waals surface area (Å²) < 4.78 is 24.5. The first-order valence-corrected chi connectivity index (χ1v) is 10.2. The number of carbonyl (C=O) groups is 2. The molecule has 2 atom stereocenters. The summed E-state index contributed by atoms with van der Waals surface area (Å²) in [4.78, 5) is 34.1. The summed E-state index contributed by atoms with van der Waals surface area (Å²) in [5.74, 6) is 0.0878. The van der Waals surface area contributed by atoms with E-state index in [1.165, 1.54) is 11.1 Å². The Morgan fingerprint density at radius 3 is 2.42 bits per heavy atom. The van der Waals surface area contributed by atoms with Gasteiger partial charge in [-0.2, -0.15) is 0 Å². The van der Waals surface area contributed by atoms with Crippen LogP contribution in [-0.2, 0) is 9.84 Å². The first-order chi connectivity index (χ1) is 12.2. The van der Waals surface area contributed by atoms with Crippen LogP contribution in [0.1, 0.15) is 10.4 Å². The van der Waals surface area contributed by atoms with Crippen LogP contribution in [0.3, 0.4) is 0 Å². The SMILES string of the molecule is CNc1cc(C(=O)N2CCN(C(=O)N(C)C)[C@@H]3CS(=O)(=O)C[C@@H]32)ccn1. The Morgan fingerprint density at radius 2 is 1.81 bits per heavy atom. The summed E-state index contributed by atoms with van der Waals surface area (Å²) in [6, 6.07) is 1.97. The first kappa shape index (κ1) is 18.4. The van der Waals surface area contributed by atoms with Gasteiger partial charge < -0.3 is 20.0 Å². The Kier molecular flexibility index (Phi) is 4.78. The Labute approximate surface area is 152 Å². The highest BCUT2D eigenvalue weighted by atomic mass is 32.2. The van der Waals surface area contributed by atoms with E-state index in [-0.39, 0.29) is 23.4 Å². The number of amides is 3. The minimum absolute atomic E-state index is 0.112. The molecule has 1 aromatic heterocycles. The largest absolute Gasteiger partial charge is 0.373 e. The lowest BCUT2D eigenvalue weighted by molar-refractivity contribution is 0.0393. The molecule has 2 fully saturated rings. The Morgan fingerprint density at radius 1 is 1.19 bits per heavy atom. The lowest BCUT2D eigenvalue weighted by Crippen LogP contribution is -2.63. The van der Waals surface area contributed by atoms with Gasteiger partial charge in [-0.25, -0.2) is 18.2 Å². The fraction of sp³-hybridized carbons (Fsp3) is 0.562. The molecule has 3 rings (SSSR count). The minimum Gasteiger partial charge on any atom is -0.373 e. The molecule has 0 saturated carbocycles. The van der Waals surface area contributed by atoms with Crippen LogP contribution in [-0.4, -0.2) is 97.9 Å². The van der Waals surface area contributed by atoms with Crippen molar-refractivity contribution in [3.63, 3.8) is 0 Å². The summed E-state index contributed by atoms with van der Waals surface area (Å²) in [6.07, 6.45) is 1.54. The van der Waals surface area contributed by atoms with Gasteiger partial charge in [0, 0.05) is 46.0 Å². The van der Waals surface area contributed by atoms with Crippen molar-refractivity contribution in [2.75, 3.05) is 51.1 Å². The molecule has 2 saturated heterocycles. The number of anilines is 1. The number of hydrogen-bond acceptors (Lipinski definition) is 6. The molecular formula is C16H23N5O4S. The molecule has 9 nitrogen and oxygen atoms in total. The van der Waals surface area contributed by atoms with E-state index in [1.807, 2.05) is 0 Å². The van der Waals surface area contributed by atoms with Crippen LogP contribution < -0.4 is 5.32 Å². The van der Waals surface area contributed by atoms with E-state index >= 15 is 0 Å². The second kappa shape index (κ2) is 6.75. The van der Waals surface area contributed by atoms with Gasteiger partial charge in [0.1, 0.15) is 5.82 Å². The summed E-state index contributed by atoms with van der Waals surface area (Å²) in [6.45, 7) is 0.607. The predicted octanol–water partition coefficient (Wildman–Crippen LogP) is -0.272. The average Bonchev–Trinajstić information content (AvgIpc) is 2.94. The van der Waals surface area contributed by atoms with Crippen LogP contribution in [0.15, 0.2) is 18.3 Å². The zero-order valence-corrected chi connectivity index (χ0v) is 15.9. The number of nitrogens with zero attached hydrogens (tertiary/aromatic N) is 4. The molecule has 0 spiro atoms. The maximum Gasteiger partial charge on any atom is 0.319 e. The summed E-state index contributed by atoms with van der Waals surface area (Å²) in [7, 11) is 1.66. The number of rotatable bonds is 2. The Bertz CT molecular complexity index is 826. The minimum atomic E-state index is -3.31. The molecule has 0 bridgehead atoms. The van der Waals surface area contributed by atoms with Crippen molar-refractivity contribution in [1.82, 2.24) is 19.7 Å². The van der Waals surface area contributed by atoms with Crippen molar-refractivity contribution in [2.24, 2.45) is 0 Å². The number of fused-ring (bicyclic) bond motifs is 1. The third-order valence-corrected chi connectivity index (χ3v) is 6.53. The number of nitrogens with one attached hydrogen (secondary N) is 1. The number of piperazine rings is 1. The van der Waals surface area contributed by atoms with Gasteiger partial charge in [0.2, 0.25) is 0 Å². The van der Waals surface area contributed by atoms with E-state index in [9.17, 15) is 18.0 Å². The maximum absolute atomic E-state index is 13.0. The standard InChI is InChI=1S/C16H23N5O4S/c1-17-14-8-11(4-5-18-14)15(22)20-6-7-21(16(23)19(2)3)13-10-26(24,25)9-12(13)20/h4-5,8,12-13H,6-7,9-10H2,1-3H3,(H,17,18)/t12-,13+/m0/s1. The van der Waals surface area contributed by atoms with Crippen LogP contribution in [0.4, 0.5) is 10.6 Å². The van der Waals surface area contributed by atoms with Crippen molar-refractivity contribution in [1.29, 1.82) is 0 Å². The monoisotopic (exact) mass is 381 g/mol.